The van der Waals surface area contributed by atoms with Crippen molar-refractivity contribution < 1.29 is 9.53 Å². The van der Waals surface area contributed by atoms with Crippen LogP contribution in [0.3, 0.4) is 0 Å². The van der Waals surface area contributed by atoms with Crippen molar-refractivity contribution in [2.24, 2.45) is 0 Å². The molecule has 0 saturated carbocycles. The van der Waals surface area contributed by atoms with Crippen LogP contribution in [-0.2, 0) is 24.4 Å². The van der Waals surface area contributed by atoms with Crippen molar-refractivity contribution in [2.45, 2.75) is 52.4 Å². The number of aromatic nitrogens is 5. The van der Waals surface area contributed by atoms with Gasteiger partial charge < -0.3 is 10.1 Å². The van der Waals surface area contributed by atoms with Crippen LogP contribution in [0.2, 0.25) is 0 Å². The molecule has 3 rings (SSSR count). The van der Waals surface area contributed by atoms with Crippen LogP contribution in [0.4, 0.5) is 0 Å². The molecule has 9 heteroatoms. The summed E-state index contributed by atoms with van der Waals surface area (Å²) in [5.74, 6) is -0.218. The number of methoxy groups -OCH3 is 1. The van der Waals surface area contributed by atoms with Crippen LogP contribution in [0.25, 0.3) is 0 Å². The molecule has 1 aliphatic rings. The van der Waals surface area contributed by atoms with Gasteiger partial charge in [-0.05, 0) is 33.2 Å². The van der Waals surface area contributed by atoms with E-state index in [1.807, 2.05) is 10.9 Å². The summed E-state index contributed by atoms with van der Waals surface area (Å²) in [6.45, 7) is 8.77. The van der Waals surface area contributed by atoms with Crippen molar-refractivity contribution in [3.8, 4) is 0 Å². The molecule has 9 nitrogen and oxygen atoms in total. The first kappa shape index (κ1) is 19.5. The van der Waals surface area contributed by atoms with Crippen LogP contribution in [-0.4, -0.2) is 68.4 Å². The van der Waals surface area contributed by atoms with E-state index in [-0.39, 0.29) is 5.91 Å². The molecule has 2 aromatic heterocycles. The summed E-state index contributed by atoms with van der Waals surface area (Å²) in [7, 11) is 1.60. The number of aryl methyl sites for hydroxylation is 1. The normalized spacial score (nSPS) is 17.5. The second-order valence-corrected chi connectivity index (χ2v) is 6.91. The van der Waals surface area contributed by atoms with E-state index >= 15 is 0 Å². The maximum atomic E-state index is 12.0. The van der Waals surface area contributed by atoms with E-state index in [0.717, 1.165) is 32.6 Å². The van der Waals surface area contributed by atoms with E-state index in [1.54, 1.807) is 18.0 Å². The predicted molar refractivity (Wildman–Crippen MR) is 100 cm³/mol. The summed E-state index contributed by atoms with van der Waals surface area (Å²) in [4.78, 5) is 14.5. The largest absolute Gasteiger partial charge is 0.383 e. The third-order valence-electron chi connectivity index (χ3n) is 5.14. The van der Waals surface area contributed by atoms with E-state index in [0.29, 0.717) is 24.9 Å². The molecule has 1 saturated heterocycles. The monoisotopic (exact) mass is 375 g/mol. The quantitative estimate of drug-likeness (QED) is 0.654. The van der Waals surface area contributed by atoms with Crippen LogP contribution in [0, 0.1) is 6.92 Å². The van der Waals surface area contributed by atoms with Crippen LogP contribution >= 0.6 is 0 Å². The molecule has 3 heterocycles. The number of carbonyl (C=O) groups is 1. The van der Waals surface area contributed by atoms with Crippen molar-refractivity contribution in [1.82, 2.24) is 35.0 Å². The Labute approximate surface area is 159 Å². The average molecular weight is 375 g/mol. The molecule has 0 aromatic carbocycles. The smallest absolute Gasteiger partial charge is 0.273 e. The van der Waals surface area contributed by atoms with E-state index < -0.39 is 0 Å². The Kier molecular flexibility index (Phi) is 6.57. The van der Waals surface area contributed by atoms with Gasteiger partial charge in [0.1, 0.15) is 0 Å². The predicted octanol–water partition coefficient (Wildman–Crippen LogP) is 0.844. The third-order valence-corrected chi connectivity index (χ3v) is 5.14. The molecule has 1 amide bonds. The number of hydrogen-bond acceptors (Lipinski definition) is 6. The highest BCUT2D eigenvalue weighted by molar-refractivity contribution is 5.91. The fourth-order valence-corrected chi connectivity index (χ4v) is 3.55. The Morgan fingerprint density at radius 1 is 1.44 bits per heavy atom. The zero-order valence-corrected chi connectivity index (χ0v) is 16.4. The molecule has 27 heavy (non-hydrogen) atoms. The van der Waals surface area contributed by atoms with Gasteiger partial charge in [-0.2, -0.15) is 5.10 Å². The van der Waals surface area contributed by atoms with Crippen LogP contribution < -0.4 is 5.32 Å². The van der Waals surface area contributed by atoms with Crippen molar-refractivity contribution in [3.05, 3.63) is 29.3 Å². The molecular formula is C18H29N7O2. The average Bonchev–Trinajstić information content (AvgIpc) is 3.38. The lowest BCUT2D eigenvalue weighted by Gasteiger charge is -2.24. The zero-order chi connectivity index (χ0) is 19.2. The minimum atomic E-state index is -0.218. The first-order valence-electron chi connectivity index (χ1n) is 9.55. The number of carbonyl (C=O) groups excluding carboxylic acids is 1. The standard InChI is InChI=1S/C18H29N7O2/c1-4-25-14(2)15(10-20-25)11-23-8-5-6-16(23)12-24-13-17(21-22-24)18(26)19-7-9-27-3/h10,13,16H,4-9,11-12H2,1-3H3,(H,19,26)/t16-/m0/s1. The summed E-state index contributed by atoms with van der Waals surface area (Å²) in [6, 6.07) is 0.389. The summed E-state index contributed by atoms with van der Waals surface area (Å²) < 4.78 is 8.74. The van der Waals surface area contributed by atoms with Gasteiger partial charge in [0.2, 0.25) is 0 Å². The Balaban J connectivity index is 1.58. The van der Waals surface area contributed by atoms with Crippen molar-refractivity contribution in [3.63, 3.8) is 0 Å². The number of hydrogen-bond donors (Lipinski definition) is 1. The molecular weight excluding hydrogens is 346 g/mol. The third kappa shape index (κ3) is 4.72. The number of rotatable bonds is 9. The maximum Gasteiger partial charge on any atom is 0.273 e. The van der Waals surface area contributed by atoms with Gasteiger partial charge in [-0.1, -0.05) is 5.21 Å². The highest BCUT2D eigenvalue weighted by Crippen LogP contribution is 2.22. The van der Waals surface area contributed by atoms with E-state index in [2.05, 4.69) is 39.5 Å². The minimum absolute atomic E-state index is 0.218. The van der Waals surface area contributed by atoms with Gasteiger partial charge in [0.05, 0.1) is 25.5 Å². The lowest BCUT2D eigenvalue weighted by molar-refractivity contribution is 0.0932. The lowest BCUT2D eigenvalue weighted by Crippen LogP contribution is -2.33. The summed E-state index contributed by atoms with van der Waals surface area (Å²) in [5, 5.41) is 15.4. The van der Waals surface area contributed by atoms with Gasteiger partial charge in [0.15, 0.2) is 5.69 Å². The molecule has 0 spiro atoms. The summed E-state index contributed by atoms with van der Waals surface area (Å²) in [5.41, 5.74) is 2.86. The number of ether oxygens (including phenoxy) is 1. The highest BCUT2D eigenvalue weighted by atomic mass is 16.5. The molecule has 148 valence electrons. The first-order valence-corrected chi connectivity index (χ1v) is 9.55. The topological polar surface area (TPSA) is 90.1 Å². The van der Waals surface area contributed by atoms with Gasteiger partial charge >= 0.3 is 0 Å². The summed E-state index contributed by atoms with van der Waals surface area (Å²) in [6.07, 6.45) is 5.99. The Morgan fingerprint density at radius 2 is 2.30 bits per heavy atom. The highest BCUT2D eigenvalue weighted by Gasteiger charge is 2.26. The number of amides is 1. The van der Waals surface area contributed by atoms with Crippen molar-refractivity contribution in [2.75, 3.05) is 26.8 Å². The maximum absolute atomic E-state index is 12.0. The fraction of sp³-hybridized carbons (Fsp3) is 0.667. The zero-order valence-electron chi connectivity index (χ0n) is 16.4. The molecule has 1 atom stereocenters. The Bertz CT molecular complexity index is 755. The SMILES string of the molecule is CCn1ncc(CN2CCC[C@H]2Cn2cc(C(=O)NCCOC)nn2)c1C. The molecule has 0 aliphatic carbocycles. The molecule has 0 bridgehead atoms. The van der Waals surface area contributed by atoms with Crippen molar-refractivity contribution in [1.29, 1.82) is 0 Å². The van der Waals surface area contributed by atoms with E-state index in [9.17, 15) is 4.79 Å². The summed E-state index contributed by atoms with van der Waals surface area (Å²) >= 11 is 0. The Morgan fingerprint density at radius 3 is 3.04 bits per heavy atom. The van der Waals surface area contributed by atoms with Crippen LogP contribution in [0.5, 0.6) is 0 Å². The second kappa shape index (κ2) is 9.09. The van der Waals surface area contributed by atoms with E-state index in [1.165, 1.54) is 17.7 Å². The second-order valence-electron chi connectivity index (χ2n) is 6.91. The number of nitrogens with one attached hydrogen (secondary N) is 1. The first-order chi connectivity index (χ1) is 13.1. The molecule has 1 aliphatic heterocycles. The molecule has 0 unspecified atom stereocenters. The molecule has 1 fully saturated rings. The lowest BCUT2D eigenvalue weighted by atomic mass is 10.2. The van der Waals surface area contributed by atoms with Crippen LogP contribution in [0.1, 0.15) is 41.5 Å². The van der Waals surface area contributed by atoms with E-state index in [4.69, 9.17) is 4.74 Å². The molecule has 2 aromatic rings. The molecule has 1 N–H and O–H groups in total. The van der Waals surface area contributed by atoms with Crippen LogP contribution in [0.15, 0.2) is 12.4 Å². The minimum Gasteiger partial charge on any atom is -0.383 e. The number of likely N-dealkylation sites (tertiary alicyclic amines) is 1. The van der Waals surface area contributed by atoms with Gasteiger partial charge in [-0.15, -0.1) is 5.10 Å². The number of nitrogens with zero attached hydrogens (tertiary/aromatic N) is 6. The fourth-order valence-electron chi connectivity index (χ4n) is 3.55. The Hall–Kier alpha value is -2.26. The van der Waals surface area contributed by atoms with Gasteiger partial charge in [-0.3, -0.25) is 19.1 Å². The van der Waals surface area contributed by atoms with Gasteiger partial charge in [0.25, 0.3) is 5.91 Å². The van der Waals surface area contributed by atoms with Gasteiger partial charge in [0, 0.05) is 44.0 Å². The van der Waals surface area contributed by atoms with Gasteiger partial charge in [-0.25, -0.2) is 0 Å². The molecule has 0 radical (unpaired) electrons. The van der Waals surface area contributed by atoms with Crippen molar-refractivity contribution >= 4 is 5.91 Å².